The molecule has 2 aliphatic heterocycles. The number of amidine groups is 1. The number of anilines is 4. The Morgan fingerprint density at radius 3 is 2.71 bits per heavy atom. The highest BCUT2D eigenvalue weighted by Gasteiger charge is 2.33. The van der Waals surface area contributed by atoms with Gasteiger partial charge in [-0.05, 0) is 48.4 Å². The van der Waals surface area contributed by atoms with E-state index in [1.54, 1.807) is 37.2 Å². The molecule has 10 nitrogen and oxygen atoms in total. The summed E-state index contributed by atoms with van der Waals surface area (Å²) in [5.74, 6) is -0.0749. The van der Waals surface area contributed by atoms with E-state index in [4.69, 9.17) is 0 Å². The molecule has 0 unspecified atom stereocenters. The molecule has 2 aliphatic rings. The monoisotopic (exact) mass is 563 g/mol. The van der Waals surface area contributed by atoms with Crippen LogP contribution in [-0.2, 0) is 13.2 Å². The van der Waals surface area contributed by atoms with Crippen LogP contribution in [0.3, 0.4) is 0 Å². The highest BCUT2D eigenvalue weighted by molar-refractivity contribution is 6.36. The molecule has 0 spiro atoms. The second-order valence-electron chi connectivity index (χ2n) is 9.44. The number of carbonyl (C=O) groups is 1. The number of hydrogen-bond donors (Lipinski definition) is 2. The van der Waals surface area contributed by atoms with E-state index in [2.05, 4.69) is 35.7 Å². The summed E-state index contributed by atoms with van der Waals surface area (Å²) in [5, 5.41) is 9.61. The number of amides is 1. The van der Waals surface area contributed by atoms with Gasteiger partial charge in [0.1, 0.15) is 23.2 Å². The maximum absolute atomic E-state index is 15.0. The fraction of sp³-hybridized carbons (Fsp3) is 0.185. The Labute approximate surface area is 230 Å². The van der Waals surface area contributed by atoms with Gasteiger partial charge in [0.15, 0.2) is 0 Å². The predicted molar refractivity (Wildman–Crippen MR) is 144 cm³/mol. The molecule has 0 bridgehead atoms. The lowest BCUT2D eigenvalue weighted by molar-refractivity contribution is -0.137. The van der Waals surface area contributed by atoms with Gasteiger partial charge in [-0.2, -0.15) is 23.3 Å². The number of halogens is 4. The molecule has 4 aromatic rings. The number of aromatic nitrogens is 5. The minimum atomic E-state index is -4.66. The third kappa shape index (κ3) is 4.99. The zero-order valence-corrected chi connectivity index (χ0v) is 21.7. The number of alkyl halides is 3. The first kappa shape index (κ1) is 26.1. The average molecular weight is 564 g/mol. The molecule has 5 heterocycles. The molecule has 0 radical (unpaired) electrons. The molecule has 0 saturated heterocycles. The molecule has 0 saturated carbocycles. The molecule has 6 rings (SSSR count). The van der Waals surface area contributed by atoms with E-state index in [0.717, 1.165) is 18.0 Å². The molecule has 1 aromatic carbocycles. The van der Waals surface area contributed by atoms with Gasteiger partial charge in [0.2, 0.25) is 5.95 Å². The Hall–Kier alpha value is -5.14. The number of aryl methyl sites for hydroxylation is 2. The Kier molecular flexibility index (Phi) is 6.24. The van der Waals surface area contributed by atoms with Crippen LogP contribution in [0.5, 0.6) is 0 Å². The summed E-state index contributed by atoms with van der Waals surface area (Å²) < 4.78 is 55.9. The predicted octanol–water partition coefficient (Wildman–Crippen LogP) is 4.84. The Morgan fingerprint density at radius 1 is 1.12 bits per heavy atom. The number of rotatable bonds is 5. The topological polar surface area (TPSA) is 113 Å². The van der Waals surface area contributed by atoms with Crippen LogP contribution < -0.4 is 15.5 Å². The average Bonchev–Trinajstić information content (AvgIpc) is 3.59. The Morgan fingerprint density at radius 2 is 1.95 bits per heavy atom. The van der Waals surface area contributed by atoms with Crippen LogP contribution in [0, 0.1) is 12.7 Å². The molecule has 208 valence electrons. The molecule has 2 N–H and O–H groups in total. The molecule has 0 fully saturated rings. The van der Waals surface area contributed by atoms with Gasteiger partial charge in [0, 0.05) is 43.3 Å². The first-order chi connectivity index (χ1) is 19.6. The number of benzene rings is 1. The third-order valence-corrected chi connectivity index (χ3v) is 6.57. The summed E-state index contributed by atoms with van der Waals surface area (Å²) in [6, 6.07) is 4.05. The maximum atomic E-state index is 15.0. The van der Waals surface area contributed by atoms with Gasteiger partial charge in [-0.15, -0.1) is 0 Å². The first-order valence-corrected chi connectivity index (χ1v) is 12.4. The lowest BCUT2D eigenvalue weighted by Gasteiger charge is -2.28. The van der Waals surface area contributed by atoms with Crippen molar-refractivity contribution in [1.29, 1.82) is 0 Å². The Balaban J connectivity index is 1.34. The van der Waals surface area contributed by atoms with Crippen molar-refractivity contribution in [1.82, 2.24) is 24.7 Å². The van der Waals surface area contributed by atoms with Crippen LogP contribution in [0.25, 0.3) is 11.6 Å². The van der Waals surface area contributed by atoms with Crippen LogP contribution >= 0.6 is 0 Å². The van der Waals surface area contributed by atoms with Crippen molar-refractivity contribution in [3.05, 3.63) is 82.8 Å². The highest BCUT2D eigenvalue weighted by atomic mass is 19.4. The minimum Gasteiger partial charge on any atom is -0.321 e. The van der Waals surface area contributed by atoms with Crippen molar-refractivity contribution in [3.8, 4) is 0 Å². The maximum Gasteiger partial charge on any atom is 0.416 e. The van der Waals surface area contributed by atoms with Crippen molar-refractivity contribution in [2.75, 3.05) is 28.6 Å². The second kappa shape index (κ2) is 9.80. The summed E-state index contributed by atoms with van der Waals surface area (Å²) in [6.07, 6.45) is 3.17. The standard InChI is InChI=1S/C27H21F4N9O/c1-14-7-20(28)21(37-25(41)22-9-16(3-4-32-22)27(29,30)31)10-18(14)19-8-15-11-34-26(36-17-12-35-39(2)13-17)38-23(15)40-6-5-33-24(19)40/h3-4,7-13H,5-6H2,1-2H3,(H,37,41)(H,34,36,38). The summed E-state index contributed by atoms with van der Waals surface area (Å²) in [6.45, 7) is 2.78. The number of fused-ring (bicyclic) bond motifs is 3. The lowest BCUT2D eigenvalue weighted by atomic mass is 9.94. The van der Waals surface area contributed by atoms with Crippen molar-refractivity contribution in [2.24, 2.45) is 12.0 Å². The van der Waals surface area contributed by atoms with E-state index in [1.165, 1.54) is 12.1 Å². The van der Waals surface area contributed by atoms with Crippen LogP contribution in [-0.4, -0.2) is 49.6 Å². The quantitative estimate of drug-likeness (QED) is 0.334. The number of hydrogen-bond acceptors (Lipinski definition) is 8. The summed E-state index contributed by atoms with van der Waals surface area (Å²) in [7, 11) is 1.80. The largest absolute Gasteiger partial charge is 0.416 e. The second-order valence-corrected chi connectivity index (χ2v) is 9.44. The minimum absolute atomic E-state index is 0.209. The van der Waals surface area contributed by atoms with Gasteiger partial charge in [0.05, 0.1) is 29.7 Å². The SMILES string of the molecule is Cc1cc(F)c(NC(=O)c2cc(C(F)(F)F)ccn2)cc1C1=Cc2cnc(Nc3cnn(C)c3)nc2N2CCN=C12. The molecule has 1 amide bonds. The fourth-order valence-electron chi connectivity index (χ4n) is 4.65. The molecule has 0 atom stereocenters. The molecule has 41 heavy (non-hydrogen) atoms. The number of pyridine rings is 1. The van der Waals surface area contributed by atoms with Crippen molar-refractivity contribution in [3.63, 3.8) is 0 Å². The van der Waals surface area contributed by atoms with Crippen molar-refractivity contribution < 1.29 is 22.4 Å². The molecular weight excluding hydrogens is 542 g/mol. The summed E-state index contributed by atoms with van der Waals surface area (Å²) in [4.78, 5) is 32.1. The van der Waals surface area contributed by atoms with Crippen LogP contribution in [0.2, 0.25) is 0 Å². The van der Waals surface area contributed by atoms with E-state index >= 15 is 0 Å². The van der Waals surface area contributed by atoms with E-state index in [1.807, 2.05) is 11.0 Å². The van der Waals surface area contributed by atoms with E-state index in [0.29, 0.717) is 59.0 Å². The number of nitrogens with zero attached hydrogens (tertiary/aromatic N) is 7. The van der Waals surface area contributed by atoms with E-state index in [-0.39, 0.29) is 5.69 Å². The van der Waals surface area contributed by atoms with E-state index in [9.17, 15) is 22.4 Å². The smallest absolute Gasteiger partial charge is 0.321 e. The zero-order valence-electron chi connectivity index (χ0n) is 21.7. The van der Waals surface area contributed by atoms with Crippen LogP contribution in [0.15, 0.2) is 54.0 Å². The normalized spacial score (nSPS) is 14.2. The van der Waals surface area contributed by atoms with Gasteiger partial charge in [0.25, 0.3) is 5.91 Å². The number of nitrogens with one attached hydrogen (secondary N) is 2. The Bertz CT molecular complexity index is 1760. The van der Waals surface area contributed by atoms with Crippen LogP contribution in [0.4, 0.5) is 40.7 Å². The van der Waals surface area contributed by atoms with E-state index < -0.39 is 29.2 Å². The third-order valence-electron chi connectivity index (χ3n) is 6.57. The number of aliphatic imine (C=N–C) groups is 1. The molecule has 14 heteroatoms. The molecule has 3 aromatic heterocycles. The van der Waals surface area contributed by atoms with Crippen LogP contribution in [0.1, 0.15) is 32.7 Å². The molecule has 0 aliphatic carbocycles. The van der Waals surface area contributed by atoms with Gasteiger partial charge in [-0.1, -0.05) is 0 Å². The number of carbonyl (C=O) groups excluding carboxylic acids is 1. The fourth-order valence-corrected chi connectivity index (χ4v) is 4.65. The van der Waals surface area contributed by atoms with Crippen molar-refractivity contribution >= 4 is 46.5 Å². The molecular formula is C27H21F4N9O. The van der Waals surface area contributed by atoms with Gasteiger partial charge >= 0.3 is 6.18 Å². The zero-order chi connectivity index (χ0) is 28.9. The van der Waals surface area contributed by atoms with Gasteiger partial charge < -0.3 is 15.5 Å². The van der Waals surface area contributed by atoms with Gasteiger partial charge in [-0.3, -0.25) is 19.5 Å². The highest BCUT2D eigenvalue weighted by Crippen LogP contribution is 2.38. The van der Waals surface area contributed by atoms with Gasteiger partial charge in [-0.25, -0.2) is 9.37 Å². The lowest BCUT2D eigenvalue weighted by Crippen LogP contribution is -2.32. The summed E-state index contributed by atoms with van der Waals surface area (Å²) >= 11 is 0. The van der Waals surface area contributed by atoms with Crippen molar-refractivity contribution in [2.45, 2.75) is 13.1 Å². The summed E-state index contributed by atoms with van der Waals surface area (Å²) in [5.41, 5.74) is 1.51. The first-order valence-electron chi connectivity index (χ1n) is 12.4.